The van der Waals surface area contributed by atoms with Gasteiger partial charge in [-0.2, -0.15) is 0 Å². The van der Waals surface area contributed by atoms with E-state index in [2.05, 4.69) is 0 Å². The van der Waals surface area contributed by atoms with E-state index in [-0.39, 0.29) is 53.9 Å². The maximum Gasteiger partial charge on any atom is 2.00 e. The van der Waals surface area contributed by atoms with Crippen LogP contribution in [0.2, 0.25) is 0 Å². The Morgan fingerprint density at radius 2 is 0.800 bits per heavy atom. The third-order valence-corrected chi connectivity index (χ3v) is 0. The quantitative estimate of drug-likeness (QED) is 0.401. The molecule has 0 aliphatic carbocycles. The van der Waals surface area contributed by atoms with Crippen LogP contribution in [0.5, 0.6) is 0 Å². The zero-order valence-corrected chi connectivity index (χ0v) is 12.5. The fourth-order valence-corrected chi connectivity index (χ4v) is 0. The van der Waals surface area contributed by atoms with Crippen molar-refractivity contribution in [1.29, 1.82) is 0 Å². The summed E-state index contributed by atoms with van der Waals surface area (Å²) in [6.07, 6.45) is 0. The van der Waals surface area contributed by atoms with Crippen LogP contribution in [0.4, 0.5) is 0 Å². The minimum absolute atomic E-state index is 0. The first-order valence-electron chi connectivity index (χ1n) is 1.10. The smallest absolute Gasteiger partial charge is 2.00 e. The zero-order chi connectivity index (χ0) is 7.15. The molecule has 0 fully saturated rings. The minimum Gasteiger partial charge on any atom is 2.00 e. The van der Waals surface area contributed by atoms with Crippen LogP contribution in [0.25, 0.3) is 0 Å². The summed E-state index contributed by atoms with van der Waals surface area (Å²) >= 11 is -8.40. The zero-order valence-electron chi connectivity index (χ0n) is 4.63. The molecule has 0 unspecified atom stereocenters. The largest absolute Gasteiger partial charge is 2.00 e. The van der Waals surface area contributed by atoms with Crippen LogP contribution in [0, 0.1) is 0 Å². The molecule has 10 heteroatoms. The van der Waals surface area contributed by atoms with E-state index < -0.39 is 37.6 Å². The molecule has 0 aromatic carbocycles. The first-order valence-corrected chi connectivity index (χ1v) is 6.48. The average molecular weight is 380 g/mol. The van der Waals surface area contributed by atoms with Crippen LogP contribution in [-0.2, 0) is 50.6 Å². The van der Waals surface area contributed by atoms with E-state index in [1.54, 1.807) is 0 Å². The van der Waals surface area contributed by atoms with Gasteiger partial charge in [0.15, 0.2) is 0 Å². The van der Waals surface area contributed by atoms with Crippen molar-refractivity contribution in [3.05, 3.63) is 0 Å². The summed E-state index contributed by atoms with van der Waals surface area (Å²) in [4.78, 5) is 0. The van der Waals surface area contributed by atoms with E-state index in [4.69, 9.17) is 20.2 Å². The Kier molecular flexibility index (Phi) is 39.3. The minimum atomic E-state index is -4.20. The Hall–Kier alpha value is 2.15. The summed E-state index contributed by atoms with van der Waals surface area (Å²) < 4.78 is 51.6. The van der Waals surface area contributed by atoms with E-state index in [1.165, 1.54) is 0 Å². The summed E-state index contributed by atoms with van der Waals surface area (Å²) in [7, 11) is 0. The van der Waals surface area contributed by atoms with Crippen LogP contribution in [-0.4, -0.2) is 53.9 Å². The van der Waals surface area contributed by atoms with Gasteiger partial charge in [-0.3, -0.25) is 0 Å². The molecule has 0 heterocycles. The molecule has 0 saturated heterocycles. The summed E-state index contributed by atoms with van der Waals surface area (Å²) in [6.45, 7) is 0. The summed E-state index contributed by atoms with van der Waals surface area (Å²) in [5.74, 6) is 0. The normalized spacial score (nSPS) is 5.00. The molecule has 3 radical (unpaired) electrons. The standard InChI is InChI=1S/B.2Nb.6O.Sr/q;;;;;;;2*-1;+2. The molecule has 0 bridgehead atoms. The van der Waals surface area contributed by atoms with Gasteiger partial charge in [0.25, 0.3) is 0 Å². The van der Waals surface area contributed by atoms with Crippen LogP contribution >= 0.6 is 0 Å². The van der Waals surface area contributed by atoms with Crippen molar-refractivity contribution in [2.24, 2.45) is 0 Å². The van der Waals surface area contributed by atoms with Gasteiger partial charge in [-0.25, -0.2) is 0 Å². The molecule has 0 aliphatic heterocycles. The van der Waals surface area contributed by atoms with E-state index >= 15 is 0 Å². The van der Waals surface area contributed by atoms with Gasteiger partial charge in [0.1, 0.15) is 0 Å². The number of hydrogen-bond acceptors (Lipinski definition) is 6. The fourth-order valence-electron chi connectivity index (χ4n) is 0. The molecule has 51 valence electrons. The summed E-state index contributed by atoms with van der Waals surface area (Å²) in [5, 5.41) is 0. The first-order chi connectivity index (χ1) is 3.46. The first kappa shape index (κ1) is 22.7. The van der Waals surface area contributed by atoms with Crippen molar-refractivity contribution in [2.45, 2.75) is 0 Å². The monoisotopic (exact) mass is 381 g/mol. The molecule has 10 heavy (non-hydrogen) atoms. The second-order valence-electron chi connectivity index (χ2n) is 0.447. The van der Waals surface area contributed by atoms with E-state index in [0.717, 1.165) is 0 Å². The molecule has 0 atom stereocenters. The molecule has 0 rings (SSSR count). The summed E-state index contributed by atoms with van der Waals surface area (Å²) in [6, 6.07) is 0. The average Bonchev–Trinajstić information content (AvgIpc) is 1.25. The predicted octanol–water partition coefficient (Wildman–Crippen LogP) is -3.62. The molecule has 0 saturated carbocycles. The van der Waals surface area contributed by atoms with Gasteiger partial charge in [-0.15, -0.1) is 0 Å². The van der Waals surface area contributed by atoms with Crippen molar-refractivity contribution in [3.8, 4) is 0 Å². The van der Waals surface area contributed by atoms with Crippen molar-refractivity contribution < 1.29 is 57.8 Å². The molecule has 0 N–H and O–H groups in total. The van der Waals surface area contributed by atoms with Crippen LogP contribution < -0.4 is 7.23 Å². The van der Waals surface area contributed by atoms with Gasteiger partial charge in [0.2, 0.25) is 0 Å². The maximum absolute atomic E-state index is 8.60. The Bertz CT molecular complexity index is 133. The van der Waals surface area contributed by atoms with Crippen molar-refractivity contribution in [2.75, 3.05) is 0 Å². The van der Waals surface area contributed by atoms with Gasteiger partial charge in [0, 0.05) is 8.41 Å². The predicted molar refractivity (Wildman–Crippen MR) is 14.3 cm³/mol. The third kappa shape index (κ3) is 184. The van der Waals surface area contributed by atoms with Gasteiger partial charge < -0.3 is 0 Å². The SMILES string of the molecule is [B].[O]=[Nb](=[O])[O-].[O]=[Nb](=[O])[O-].[Sr+2]. The Labute approximate surface area is 109 Å². The molecular weight excluding hydrogens is 380 g/mol. The molecule has 0 aromatic rings. The van der Waals surface area contributed by atoms with Crippen LogP contribution in [0.3, 0.4) is 0 Å². The van der Waals surface area contributed by atoms with Gasteiger partial charge in [-0.1, -0.05) is 0 Å². The Balaban J connectivity index is -0.0000000300. The molecule has 0 amide bonds. The van der Waals surface area contributed by atoms with E-state index in [9.17, 15) is 0 Å². The molecule has 6 nitrogen and oxygen atoms in total. The second-order valence-corrected chi connectivity index (χ2v) is 2.65. The molecule has 0 aliphatic rings. The van der Waals surface area contributed by atoms with Crippen molar-refractivity contribution in [1.82, 2.24) is 0 Å². The summed E-state index contributed by atoms with van der Waals surface area (Å²) in [5.41, 5.74) is 0. The van der Waals surface area contributed by atoms with Crippen LogP contribution in [0.1, 0.15) is 0 Å². The number of hydrogen-bond donors (Lipinski definition) is 0. The topological polar surface area (TPSA) is 114 Å². The van der Waals surface area contributed by atoms with Crippen molar-refractivity contribution in [3.63, 3.8) is 0 Å². The van der Waals surface area contributed by atoms with Gasteiger partial charge in [0.05, 0.1) is 0 Å². The fraction of sp³-hybridized carbons (Fsp3) is 0. The van der Waals surface area contributed by atoms with E-state index in [0.29, 0.717) is 0 Å². The van der Waals surface area contributed by atoms with Gasteiger partial charge >= 0.3 is 103 Å². The Morgan fingerprint density at radius 3 is 0.800 bits per heavy atom. The second kappa shape index (κ2) is 17.3. The molecular formula is BNb2O6Sr. The number of rotatable bonds is 0. The van der Waals surface area contributed by atoms with E-state index in [1.807, 2.05) is 0 Å². The maximum atomic E-state index is 8.60. The third-order valence-electron chi connectivity index (χ3n) is 0. The van der Waals surface area contributed by atoms with Crippen molar-refractivity contribution >= 4 is 53.9 Å². The van der Waals surface area contributed by atoms with Gasteiger partial charge in [-0.05, 0) is 0 Å². The Morgan fingerprint density at radius 1 is 0.800 bits per heavy atom. The molecule has 0 spiro atoms. The van der Waals surface area contributed by atoms with Crippen LogP contribution in [0.15, 0.2) is 0 Å². The molecule has 0 aromatic heterocycles.